The van der Waals surface area contributed by atoms with Crippen molar-refractivity contribution in [3.8, 4) is 0 Å². The van der Waals surface area contributed by atoms with Gasteiger partial charge in [0.2, 0.25) is 5.78 Å². The molecule has 3 heteroatoms. The van der Waals surface area contributed by atoms with E-state index in [-0.39, 0.29) is 5.78 Å². The van der Waals surface area contributed by atoms with Crippen LogP contribution in [0.4, 0.5) is 0 Å². The van der Waals surface area contributed by atoms with Crippen LogP contribution >= 0.6 is 22.7 Å². The molecule has 2 heterocycles. The summed E-state index contributed by atoms with van der Waals surface area (Å²) in [6.45, 7) is 0. The van der Waals surface area contributed by atoms with Gasteiger partial charge in [0.15, 0.2) is 0 Å². The summed E-state index contributed by atoms with van der Waals surface area (Å²) in [6, 6.07) is 10.3. The van der Waals surface area contributed by atoms with E-state index in [2.05, 4.69) is 23.6 Å². The first-order valence-electron chi connectivity index (χ1n) is 7.45. The molecule has 0 N–H and O–H groups in total. The molecule has 1 aliphatic rings. The van der Waals surface area contributed by atoms with Crippen molar-refractivity contribution in [1.29, 1.82) is 0 Å². The fraction of sp³-hybridized carbons (Fsp3) is 0.278. The SMILES string of the molecule is O=C(c1cc2c(s1)CCCCC2)c1cccc2ccsc12. The molecule has 106 valence electrons. The number of fused-ring (bicyclic) bond motifs is 2. The van der Waals surface area contributed by atoms with Gasteiger partial charge in [-0.25, -0.2) is 0 Å². The largest absolute Gasteiger partial charge is 0.288 e. The number of benzene rings is 1. The standard InChI is InChI=1S/C18H16OS2/c19-17(14-7-4-6-12-9-10-20-18(12)14)16-11-13-5-2-1-3-8-15(13)21-16/h4,6-7,9-11H,1-3,5,8H2. The quantitative estimate of drug-likeness (QED) is 0.453. The third-order valence-electron chi connectivity index (χ3n) is 4.19. The zero-order chi connectivity index (χ0) is 14.2. The molecular weight excluding hydrogens is 296 g/mol. The van der Waals surface area contributed by atoms with Gasteiger partial charge in [-0.15, -0.1) is 22.7 Å². The molecule has 0 saturated heterocycles. The fourth-order valence-electron chi connectivity index (χ4n) is 3.08. The number of rotatable bonds is 2. The van der Waals surface area contributed by atoms with Crippen LogP contribution in [0.1, 0.15) is 44.9 Å². The van der Waals surface area contributed by atoms with Crippen molar-refractivity contribution in [2.24, 2.45) is 0 Å². The molecule has 21 heavy (non-hydrogen) atoms. The Morgan fingerprint density at radius 1 is 1.05 bits per heavy atom. The summed E-state index contributed by atoms with van der Waals surface area (Å²) in [5.41, 5.74) is 2.28. The van der Waals surface area contributed by atoms with Gasteiger partial charge in [-0.3, -0.25) is 4.79 Å². The van der Waals surface area contributed by atoms with E-state index < -0.39 is 0 Å². The maximum absolute atomic E-state index is 12.9. The first-order chi connectivity index (χ1) is 10.3. The molecule has 2 aromatic heterocycles. The van der Waals surface area contributed by atoms with Crippen molar-refractivity contribution in [3.05, 3.63) is 56.6 Å². The predicted molar refractivity (Wildman–Crippen MR) is 90.8 cm³/mol. The van der Waals surface area contributed by atoms with Crippen LogP contribution in [0, 0.1) is 0 Å². The van der Waals surface area contributed by atoms with E-state index in [1.165, 1.54) is 35.1 Å². The normalized spacial score (nSPS) is 14.9. The molecule has 1 nitrogen and oxygen atoms in total. The third kappa shape index (κ3) is 2.34. The van der Waals surface area contributed by atoms with Gasteiger partial charge in [-0.05, 0) is 60.2 Å². The number of carbonyl (C=O) groups is 1. The topological polar surface area (TPSA) is 17.1 Å². The second-order valence-electron chi connectivity index (χ2n) is 5.59. The summed E-state index contributed by atoms with van der Waals surface area (Å²) in [5, 5.41) is 3.23. The average Bonchev–Trinajstić information content (AvgIpc) is 3.08. The lowest BCUT2D eigenvalue weighted by molar-refractivity contribution is 0.104. The van der Waals surface area contributed by atoms with E-state index in [0.29, 0.717) is 0 Å². The van der Waals surface area contributed by atoms with Crippen molar-refractivity contribution in [3.63, 3.8) is 0 Å². The minimum absolute atomic E-state index is 0.195. The summed E-state index contributed by atoms with van der Waals surface area (Å²) in [7, 11) is 0. The first-order valence-corrected chi connectivity index (χ1v) is 9.15. The van der Waals surface area contributed by atoms with Gasteiger partial charge >= 0.3 is 0 Å². The zero-order valence-electron chi connectivity index (χ0n) is 11.7. The second kappa shape index (κ2) is 5.39. The summed E-state index contributed by atoms with van der Waals surface area (Å²) in [5.74, 6) is 0.195. The van der Waals surface area contributed by atoms with Gasteiger partial charge < -0.3 is 0 Å². The molecule has 4 rings (SSSR count). The van der Waals surface area contributed by atoms with Gasteiger partial charge in [0, 0.05) is 15.1 Å². The van der Waals surface area contributed by atoms with Gasteiger partial charge in [-0.2, -0.15) is 0 Å². The summed E-state index contributed by atoms with van der Waals surface area (Å²) in [4.78, 5) is 15.2. The average molecular weight is 312 g/mol. The van der Waals surface area contributed by atoms with Crippen molar-refractivity contribution >= 4 is 38.5 Å². The Hall–Kier alpha value is -1.45. The predicted octanol–water partition coefficient (Wildman–Crippen LogP) is 5.46. The summed E-state index contributed by atoms with van der Waals surface area (Å²) >= 11 is 3.38. The number of ketones is 1. The third-order valence-corrected chi connectivity index (χ3v) is 6.39. The molecule has 0 radical (unpaired) electrons. The second-order valence-corrected chi connectivity index (χ2v) is 7.65. The number of carbonyl (C=O) groups excluding carboxylic acids is 1. The van der Waals surface area contributed by atoms with Crippen LogP contribution in [0.25, 0.3) is 10.1 Å². The Balaban J connectivity index is 1.76. The Bertz CT molecular complexity index is 786. The highest BCUT2D eigenvalue weighted by Crippen LogP contribution is 2.32. The van der Waals surface area contributed by atoms with Gasteiger partial charge in [-0.1, -0.05) is 18.6 Å². The molecule has 0 fully saturated rings. The van der Waals surface area contributed by atoms with Gasteiger partial charge in [0.25, 0.3) is 0 Å². The summed E-state index contributed by atoms with van der Waals surface area (Å²) < 4.78 is 1.12. The number of hydrogen-bond donors (Lipinski definition) is 0. The lowest BCUT2D eigenvalue weighted by atomic mass is 10.1. The molecule has 0 aliphatic heterocycles. The highest BCUT2D eigenvalue weighted by atomic mass is 32.1. The van der Waals surface area contributed by atoms with Crippen molar-refractivity contribution in [2.45, 2.75) is 32.1 Å². The van der Waals surface area contributed by atoms with E-state index in [0.717, 1.165) is 28.0 Å². The minimum atomic E-state index is 0.195. The maximum Gasteiger partial charge on any atom is 0.204 e. The fourth-order valence-corrected chi connectivity index (χ4v) is 5.20. The Morgan fingerprint density at radius 2 is 1.95 bits per heavy atom. The van der Waals surface area contributed by atoms with E-state index in [4.69, 9.17) is 0 Å². The smallest absolute Gasteiger partial charge is 0.204 e. The van der Waals surface area contributed by atoms with Crippen LogP contribution in [-0.4, -0.2) is 5.78 Å². The van der Waals surface area contributed by atoms with E-state index in [1.807, 2.05) is 12.1 Å². The van der Waals surface area contributed by atoms with E-state index >= 15 is 0 Å². The van der Waals surface area contributed by atoms with Crippen molar-refractivity contribution < 1.29 is 4.79 Å². The molecule has 0 atom stereocenters. The Kier molecular flexibility index (Phi) is 3.40. The molecule has 0 bridgehead atoms. The van der Waals surface area contributed by atoms with E-state index in [9.17, 15) is 4.79 Å². The van der Waals surface area contributed by atoms with Crippen LogP contribution < -0.4 is 0 Å². The van der Waals surface area contributed by atoms with Gasteiger partial charge in [0.05, 0.1) is 4.88 Å². The number of aryl methyl sites for hydroxylation is 2. The van der Waals surface area contributed by atoms with Crippen molar-refractivity contribution in [2.75, 3.05) is 0 Å². The molecule has 3 aromatic rings. The van der Waals surface area contributed by atoms with E-state index in [1.54, 1.807) is 22.7 Å². The Morgan fingerprint density at radius 3 is 2.90 bits per heavy atom. The van der Waals surface area contributed by atoms with Gasteiger partial charge in [0.1, 0.15) is 0 Å². The molecular formula is C18H16OS2. The Labute approximate surface area is 132 Å². The zero-order valence-corrected chi connectivity index (χ0v) is 13.4. The van der Waals surface area contributed by atoms with Crippen LogP contribution in [-0.2, 0) is 12.8 Å². The highest BCUT2D eigenvalue weighted by molar-refractivity contribution is 7.18. The lowest BCUT2D eigenvalue weighted by Crippen LogP contribution is -1.98. The van der Waals surface area contributed by atoms with Crippen LogP contribution in [0.3, 0.4) is 0 Å². The highest BCUT2D eigenvalue weighted by Gasteiger charge is 2.19. The van der Waals surface area contributed by atoms with Crippen LogP contribution in [0.5, 0.6) is 0 Å². The first kappa shape index (κ1) is 13.2. The van der Waals surface area contributed by atoms with Crippen LogP contribution in [0.2, 0.25) is 0 Å². The monoisotopic (exact) mass is 312 g/mol. The van der Waals surface area contributed by atoms with Crippen LogP contribution in [0.15, 0.2) is 35.7 Å². The number of thiophene rings is 2. The molecule has 0 amide bonds. The minimum Gasteiger partial charge on any atom is -0.288 e. The lowest BCUT2D eigenvalue weighted by Gasteiger charge is -2.00. The molecule has 1 aromatic carbocycles. The molecule has 0 saturated carbocycles. The summed E-state index contributed by atoms with van der Waals surface area (Å²) in [6.07, 6.45) is 6.14. The molecule has 0 spiro atoms. The number of hydrogen-bond acceptors (Lipinski definition) is 3. The molecule has 0 unspecified atom stereocenters. The molecule has 1 aliphatic carbocycles. The van der Waals surface area contributed by atoms with Crippen molar-refractivity contribution in [1.82, 2.24) is 0 Å². The maximum atomic E-state index is 12.9.